The lowest BCUT2D eigenvalue weighted by Crippen LogP contribution is -2.07. The molecule has 2 aromatic rings. The van der Waals surface area contributed by atoms with Gasteiger partial charge >= 0.3 is 6.18 Å². The van der Waals surface area contributed by atoms with E-state index in [2.05, 4.69) is 9.97 Å². The van der Waals surface area contributed by atoms with Gasteiger partial charge in [-0.1, -0.05) is 30.4 Å². The molecule has 0 atom stereocenters. The quantitative estimate of drug-likeness (QED) is 0.786. The maximum absolute atomic E-state index is 12.8. The van der Waals surface area contributed by atoms with Gasteiger partial charge in [0.05, 0.1) is 17.5 Å². The fourth-order valence-corrected chi connectivity index (χ4v) is 1.55. The fraction of sp³-hybridized carbons (Fsp3) is 0.0909. The van der Waals surface area contributed by atoms with E-state index in [0.717, 1.165) is 6.07 Å². The molecular formula is C11H7F3N2S. The predicted octanol–water partition coefficient (Wildman–Crippen LogP) is 3.82. The van der Waals surface area contributed by atoms with Crippen LogP contribution in [0.2, 0.25) is 0 Å². The van der Waals surface area contributed by atoms with E-state index < -0.39 is 11.7 Å². The van der Waals surface area contributed by atoms with Crippen LogP contribution in [-0.2, 0) is 6.18 Å². The first kappa shape index (κ1) is 11.8. The van der Waals surface area contributed by atoms with Crippen molar-refractivity contribution in [1.29, 1.82) is 0 Å². The van der Waals surface area contributed by atoms with Gasteiger partial charge in [-0.05, 0) is 6.07 Å². The van der Waals surface area contributed by atoms with Gasteiger partial charge in [0.25, 0.3) is 0 Å². The Balaban J connectivity index is 2.60. The molecule has 0 saturated heterocycles. The second-order valence-electron chi connectivity index (χ2n) is 3.34. The molecule has 6 heteroatoms. The lowest BCUT2D eigenvalue weighted by molar-refractivity contribution is -0.137. The molecule has 1 aromatic carbocycles. The van der Waals surface area contributed by atoms with Crippen LogP contribution < -0.4 is 0 Å². The highest BCUT2D eigenvalue weighted by molar-refractivity contribution is 7.71. The Morgan fingerprint density at radius 2 is 1.88 bits per heavy atom. The summed E-state index contributed by atoms with van der Waals surface area (Å²) in [5.74, 6) is 0. The maximum atomic E-state index is 12.8. The second-order valence-corrected chi connectivity index (χ2v) is 3.78. The monoisotopic (exact) mass is 256 g/mol. The molecule has 0 spiro atoms. The van der Waals surface area contributed by atoms with E-state index >= 15 is 0 Å². The lowest BCUT2D eigenvalue weighted by Gasteiger charge is -2.11. The van der Waals surface area contributed by atoms with Crippen molar-refractivity contribution in [1.82, 2.24) is 9.97 Å². The summed E-state index contributed by atoms with van der Waals surface area (Å²) in [6, 6.07) is 5.28. The smallest absolute Gasteiger partial charge is 0.350 e. The Bertz CT molecular complexity index is 569. The van der Waals surface area contributed by atoms with Gasteiger partial charge in [-0.3, -0.25) is 4.98 Å². The highest BCUT2D eigenvalue weighted by atomic mass is 32.1. The third-order valence-corrected chi connectivity index (χ3v) is 2.40. The Morgan fingerprint density at radius 1 is 1.18 bits per heavy atom. The number of hydrogen-bond donors (Lipinski definition) is 1. The summed E-state index contributed by atoms with van der Waals surface area (Å²) < 4.78 is 38.6. The van der Waals surface area contributed by atoms with E-state index in [1.54, 1.807) is 0 Å². The van der Waals surface area contributed by atoms with Crippen molar-refractivity contribution in [2.75, 3.05) is 0 Å². The maximum Gasteiger partial charge on any atom is 0.417 e. The van der Waals surface area contributed by atoms with E-state index in [-0.39, 0.29) is 11.3 Å². The van der Waals surface area contributed by atoms with Crippen LogP contribution in [0, 0.1) is 4.64 Å². The summed E-state index contributed by atoms with van der Waals surface area (Å²) in [6.07, 6.45) is -1.71. The number of halogens is 3. The molecule has 2 nitrogen and oxygen atoms in total. The highest BCUT2D eigenvalue weighted by Gasteiger charge is 2.33. The van der Waals surface area contributed by atoms with Gasteiger partial charge < -0.3 is 4.98 Å². The van der Waals surface area contributed by atoms with E-state index in [9.17, 15) is 13.2 Å². The molecule has 88 valence electrons. The first-order valence-electron chi connectivity index (χ1n) is 4.70. The molecule has 0 radical (unpaired) electrons. The molecule has 0 amide bonds. The third-order valence-electron chi connectivity index (χ3n) is 2.18. The molecule has 2 rings (SSSR count). The van der Waals surface area contributed by atoms with Gasteiger partial charge in [0.2, 0.25) is 0 Å². The number of aromatic amines is 1. The summed E-state index contributed by atoms with van der Waals surface area (Å²) in [7, 11) is 0. The number of alkyl halides is 3. The van der Waals surface area contributed by atoms with Gasteiger partial charge in [-0.2, -0.15) is 13.2 Å². The van der Waals surface area contributed by atoms with Crippen LogP contribution in [0.15, 0.2) is 36.7 Å². The van der Waals surface area contributed by atoms with Crippen molar-refractivity contribution >= 4 is 12.2 Å². The first-order chi connectivity index (χ1) is 7.98. The number of hydrogen-bond acceptors (Lipinski definition) is 2. The van der Waals surface area contributed by atoms with E-state index in [1.165, 1.54) is 30.6 Å². The molecule has 0 bridgehead atoms. The number of aromatic nitrogens is 2. The SMILES string of the molecule is FC(F)(F)c1ccccc1-c1c[nH]c(=S)cn1. The van der Waals surface area contributed by atoms with Gasteiger partial charge in [-0.15, -0.1) is 0 Å². The fourth-order valence-electron chi connectivity index (χ4n) is 1.44. The molecular weight excluding hydrogens is 249 g/mol. The van der Waals surface area contributed by atoms with Crippen molar-refractivity contribution in [3.05, 3.63) is 46.9 Å². The molecule has 1 aromatic heterocycles. The molecule has 0 aliphatic heterocycles. The molecule has 1 N–H and O–H groups in total. The van der Waals surface area contributed by atoms with Crippen LogP contribution in [0.25, 0.3) is 11.3 Å². The minimum atomic E-state index is -4.40. The number of rotatable bonds is 1. The van der Waals surface area contributed by atoms with Crippen LogP contribution >= 0.6 is 12.2 Å². The van der Waals surface area contributed by atoms with E-state index in [1.807, 2.05) is 0 Å². The summed E-state index contributed by atoms with van der Waals surface area (Å²) in [6.45, 7) is 0. The van der Waals surface area contributed by atoms with Crippen LogP contribution in [0.4, 0.5) is 13.2 Å². The van der Waals surface area contributed by atoms with Crippen molar-refractivity contribution in [2.45, 2.75) is 6.18 Å². The Labute approximate surface area is 100 Å². The van der Waals surface area contributed by atoms with Crippen molar-refractivity contribution in [3.63, 3.8) is 0 Å². The van der Waals surface area contributed by atoms with Crippen LogP contribution in [0.1, 0.15) is 5.56 Å². The number of benzene rings is 1. The predicted molar refractivity (Wildman–Crippen MR) is 59.9 cm³/mol. The topological polar surface area (TPSA) is 28.7 Å². The zero-order chi connectivity index (χ0) is 12.5. The third kappa shape index (κ3) is 2.52. The summed E-state index contributed by atoms with van der Waals surface area (Å²) >= 11 is 4.79. The number of nitrogens with one attached hydrogen (secondary N) is 1. The van der Waals surface area contributed by atoms with Crippen LogP contribution in [0.5, 0.6) is 0 Å². The van der Waals surface area contributed by atoms with Crippen LogP contribution in [0.3, 0.4) is 0 Å². The van der Waals surface area contributed by atoms with Gasteiger partial charge in [0.15, 0.2) is 0 Å². The summed E-state index contributed by atoms with van der Waals surface area (Å²) in [4.78, 5) is 6.55. The molecule has 0 aliphatic rings. The lowest BCUT2D eigenvalue weighted by atomic mass is 10.0. The van der Waals surface area contributed by atoms with Crippen molar-refractivity contribution in [3.8, 4) is 11.3 Å². The van der Waals surface area contributed by atoms with Crippen molar-refractivity contribution in [2.24, 2.45) is 0 Å². The van der Waals surface area contributed by atoms with Crippen LogP contribution in [-0.4, -0.2) is 9.97 Å². The Morgan fingerprint density at radius 3 is 2.47 bits per heavy atom. The molecule has 1 heterocycles. The first-order valence-corrected chi connectivity index (χ1v) is 5.10. The molecule has 0 unspecified atom stereocenters. The average Bonchev–Trinajstić information content (AvgIpc) is 2.29. The molecule has 17 heavy (non-hydrogen) atoms. The van der Waals surface area contributed by atoms with E-state index in [4.69, 9.17) is 12.2 Å². The van der Waals surface area contributed by atoms with Crippen molar-refractivity contribution < 1.29 is 13.2 Å². The average molecular weight is 256 g/mol. The largest absolute Gasteiger partial charge is 0.417 e. The van der Waals surface area contributed by atoms with Gasteiger partial charge in [0, 0.05) is 11.8 Å². The van der Waals surface area contributed by atoms with Gasteiger partial charge in [0.1, 0.15) is 4.64 Å². The molecule has 0 saturated carbocycles. The second kappa shape index (κ2) is 4.29. The normalized spacial score (nSPS) is 11.5. The zero-order valence-corrected chi connectivity index (χ0v) is 9.27. The Hall–Kier alpha value is -1.69. The summed E-state index contributed by atoms with van der Waals surface area (Å²) in [5.41, 5.74) is -0.462. The number of H-pyrrole nitrogens is 1. The number of nitrogens with zero attached hydrogens (tertiary/aromatic N) is 1. The zero-order valence-electron chi connectivity index (χ0n) is 8.45. The highest BCUT2D eigenvalue weighted by Crippen LogP contribution is 2.35. The van der Waals surface area contributed by atoms with E-state index in [0.29, 0.717) is 4.64 Å². The standard InChI is InChI=1S/C11H7F3N2S/c12-11(13,14)8-4-2-1-3-7(8)9-5-16-10(17)6-15-9/h1-6H,(H,16,17). The Kier molecular flexibility index (Phi) is 2.97. The van der Waals surface area contributed by atoms with Gasteiger partial charge in [-0.25, -0.2) is 0 Å². The molecule has 0 fully saturated rings. The summed E-state index contributed by atoms with van der Waals surface area (Å²) in [5, 5.41) is 0. The minimum Gasteiger partial charge on any atom is -0.350 e. The molecule has 0 aliphatic carbocycles. The minimum absolute atomic E-state index is 0.0336.